The lowest BCUT2D eigenvalue weighted by molar-refractivity contribution is -0.150. The van der Waals surface area contributed by atoms with Crippen LogP contribution in [0.3, 0.4) is 0 Å². The predicted molar refractivity (Wildman–Crippen MR) is 133 cm³/mol. The van der Waals surface area contributed by atoms with Gasteiger partial charge in [0, 0.05) is 0 Å². The Morgan fingerprint density at radius 1 is 0.742 bits per heavy atom. The van der Waals surface area contributed by atoms with Gasteiger partial charge in [0.25, 0.3) is 0 Å². The van der Waals surface area contributed by atoms with Gasteiger partial charge in [-0.1, -0.05) is 78.1 Å². The highest BCUT2D eigenvalue weighted by Crippen LogP contribution is 2.30. The monoisotopic (exact) mass is 473 g/mol. The van der Waals surface area contributed by atoms with Crippen LogP contribution in [-0.4, -0.2) is 42.5 Å². The van der Waals surface area contributed by atoms with Crippen LogP contribution in [0.4, 0.5) is 0 Å². The van der Waals surface area contributed by atoms with Gasteiger partial charge in [0.15, 0.2) is 17.4 Å². The molecule has 5 nitrogen and oxygen atoms in total. The molecule has 183 valence electrons. The molecule has 0 spiro atoms. The minimum absolute atomic E-state index is 0.0690. The van der Waals surface area contributed by atoms with E-state index in [0.717, 1.165) is 25.7 Å². The summed E-state index contributed by atoms with van der Waals surface area (Å²) < 4.78 is 17.2. The van der Waals surface area contributed by atoms with Crippen LogP contribution in [0, 0.1) is 0 Å². The molecule has 0 aliphatic carbocycles. The third kappa shape index (κ3) is 16.6. The molecule has 1 unspecified atom stereocenters. The van der Waals surface area contributed by atoms with Crippen molar-refractivity contribution in [3.63, 3.8) is 0 Å². The zero-order valence-corrected chi connectivity index (χ0v) is 23.2. The van der Waals surface area contributed by atoms with E-state index in [2.05, 4.69) is 26.9 Å². The molecule has 1 radical (unpaired) electrons. The maximum absolute atomic E-state index is 12.9. The summed E-state index contributed by atoms with van der Waals surface area (Å²) in [4.78, 5) is 25.3. The molecule has 1 atom stereocenters. The van der Waals surface area contributed by atoms with Crippen LogP contribution in [0.25, 0.3) is 0 Å². The summed E-state index contributed by atoms with van der Waals surface area (Å²) >= 11 is 0. The van der Waals surface area contributed by atoms with Crippen molar-refractivity contribution in [1.82, 2.24) is 0 Å². The molecule has 0 saturated carbocycles. The van der Waals surface area contributed by atoms with Gasteiger partial charge in [0.05, 0.1) is 25.2 Å². The highest BCUT2D eigenvalue weighted by Gasteiger charge is 2.42. The van der Waals surface area contributed by atoms with Gasteiger partial charge in [-0.3, -0.25) is 9.59 Å². The van der Waals surface area contributed by atoms with Crippen LogP contribution in [-0.2, 0) is 23.2 Å². The van der Waals surface area contributed by atoms with Crippen molar-refractivity contribution < 1.29 is 23.2 Å². The molecule has 7 heteroatoms. The van der Waals surface area contributed by atoms with Crippen molar-refractivity contribution in [2.75, 3.05) is 13.2 Å². The van der Waals surface area contributed by atoms with Crippen LogP contribution in [0.5, 0.6) is 0 Å². The lowest BCUT2D eigenvalue weighted by atomic mass is 10.1. The molecule has 31 heavy (non-hydrogen) atoms. The van der Waals surface area contributed by atoms with Gasteiger partial charge in [0.2, 0.25) is 0 Å². The largest absolute Gasteiger partial charge is 0.466 e. The van der Waals surface area contributed by atoms with E-state index in [9.17, 15) is 9.59 Å². The molecule has 0 bridgehead atoms. The average Bonchev–Trinajstić information content (AvgIpc) is 2.69. The number of hydrogen-bond acceptors (Lipinski definition) is 5. The number of rotatable bonds is 20. The van der Waals surface area contributed by atoms with Crippen LogP contribution >= 0.6 is 0 Å². The van der Waals surface area contributed by atoms with Gasteiger partial charge in [-0.15, -0.1) is 0 Å². The van der Waals surface area contributed by atoms with E-state index in [-0.39, 0.29) is 18.4 Å². The fourth-order valence-electron chi connectivity index (χ4n) is 3.66. The van der Waals surface area contributed by atoms with Crippen molar-refractivity contribution in [2.45, 2.75) is 129 Å². The molecule has 0 saturated heterocycles. The van der Waals surface area contributed by atoms with E-state index in [0.29, 0.717) is 13.2 Å². The Morgan fingerprint density at radius 2 is 1.19 bits per heavy atom. The Morgan fingerprint density at radius 3 is 1.68 bits per heavy atom. The van der Waals surface area contributed by atoms with Crippen LogP contribution in [0.15, 0.2) is 0 Å². The molecule has 0 aromatic heterocycles. The third-order valence-electron chi connectivity index (χ3n) is 5.46. The van der Waals surface area contributed by atoms with Gasteiger partial charge in [-0.05, 0) is 39.0 Å². The second-order valence-corrected chi connectivity index (χ2v) is 15.8. The van der Waals surface area contributed by atoms with Gasteiger partial charge >= 0.3 is 11.9 Å². The Kier molecular flexibility index (Phi) is 18.5. The molecule has 0 aromatic rings. The van der Waals surface area contributed by atoms with Gasteiger partial charge in [-0.25, -0.2) is 0 Å². The minimum atomic E-state index is -2.41. The topological polar surface area (TPSA) is 61.8 Å². The molecule has 0 aromatic carbocycles. The standard InChI is InChI=1S/C24H49O5Si2/c1-7-9-11-13-15-17-19-27-23(25)21-22(31(5,6)29-30(3)4)24(26)28-20-18-16-14-12-10-8-2/h22H,7-21H2,1-6H3. The fraction of sp³-hybridized carbons (Fsp3) is 0.917. The third-order valence-corrected chi connectivity index (χ3v) is 11.3. The molecule has 0 rings (SSSR count). The van der Waals surface area contributed by atoms with E-state index in [1.54, 1.807) is 0 Å². The number of esters is 2. The quantitative estimate of drug-likeness (QED) is 0.108. The Hall–Kier alpha value is -0.666. The lowest BCUT2D eigenvalue weighted by Gasteiger charge is -2.32. The van der Waals surface area contributed by atoms with Crippen molar-refractivity contribution in [1.29, 1.82) is 0 Å². The summed E-state index contributed by atoms with van der Waals surface area (Å²) in [5.74, 6) is -0.592. The summed E-state index contributed by atoms with van der Waals surface area (Å²) in [5, 5.41) is 0. The van der Waals surface area contributed by atoms with Crippen LogP contribution < -0.4 is 0 Å². The average molecular weight is 474 g/mol. The number of carbonyl (C=O) groups is 2. The number of carbonyl (C=O) groups excluding carboxylic acids is 2. The summed E-state index contributed by atoms with van der Waals surface area (Å²) in [6, 6.07) is 0. The minimum Gasteiger partial charge on any atom is -0.466 e. The van der Waals surface area contributed by atoms with E-state index in [1.165, 1.54) is 51.4 Å². The summed E-state index contributed by atoms with van der Waals surface area (Å²) in [5.41, 5.74) is -0.510. The molecule has 0 fully saturated rings. The highest BCUT2D eigenvalue weighted by molar-refractivity contribution is 6.81. The van der Waals surface area contributed by atoms with Crippen LogP contribution in [0.1, 0.15) is 97.3 Å². The molecule has 0 aliphatic rings. The fourth-order valence-corrected chi connectivity index (χ4v) is 9.75. The first-order valence-electron chi connectivity index (χ1n) is 12.6. The smallest absolute Gasteiger partial charge is 0.309 e. The SMILES string of the molecule is CCCCCCCCOC(=O)CC(C(=O)OCCCCCCCC)[Si](C)(C)O[Si](C)C. The van der Waals surface area contributed by atoms with E-state index in [4.69, 9.17) is 13.6 Å². The number of ether oxygens (including phenoxy) is 2. The first-order valence-corrected chi connectivity index (χ1v) is 17.9. The normalized spacial score (nSPS) is 12.7. The second kappa shape index (κ2) is 18.9. The first kappa shape index (κ1) is 30.3. The second-order valence-electron chi connectivity index (χ2n) is 9.29. The van der Waals surface area contributed by atoms with Gasteiger partial charge < -0.3 is 13.6 Å². The van der Waals surface area contributed by atoms with E-state index in [1.807, 2.05) is 13.1 Å². The molecular weight excluding hydrogens is 424 g/mol. The molecule has 0 heterocycles. The highest BCUT2D eigenvalue weighted by atomic mass is 28.4. The molecular formula is C24H49O5Si2. The number of unbranched alkanes of at least 4 members (excludes halogenated alkanes) is 10. The molecule has 0 aliphatic heterocycles. The van der Waals surface area contributed by atoms with Crippen molar-refractivity contribution in [3.8, 4) is 0 Å². The maximum atomic E-state index is 12.9. The molecule has 0 amide bonds. The van der Waals surface area contributed by atoms with Crippen molar-refractivity contribution in [3.05, 3.63) is 0 Å². The van der Waals surface area contributed by atoms with Gasteiger partial charge in [0.1, 0.15) is 0 Å². The molecule has 0 N–H and O–H groups in total. The summed E-state index contributed by atoms with van der Waals surface area (Å²) in [6.07, 6.45) is 13.8. The summed E-state index contributed by atoms with van der Waals surface area (Å²) in [6.45, 7) is 13.4. The van der Waals surface area contributed by atoms with E-state index >= 15 is 0 Å². The number of hydrogen-bond donors (Lipinski definition) is 0. The zero-order valence-electron chi connectivity index (χ0n) is 21.2. The van der Waals surface area contributed by atoms with Crippen LogP contribution in [0.2, 0.25) is 31.7 Å². The van der Waals surface area contributed by atoms with Crippen molar-refractivity contribution in [2.24, 2.45) is 0 Å². The maximum Gasteiger partial charge on any atom is 0.309 e. The zero-order chi connectivity index (χ0) is 23.5. The Bertz CT molecular complexity index is 469. The first-order chi connectivity index (χ1) is 14.7. The van der Waals surface area contributed by atoms with Gasteiger partial charge in [-0.2, -0.15) is 0 Å². The predicted octanol–water partition coefficient (Wildman–Crippen LogP) is 7.03. The van der Waals surface area contributed by atoms with Crippen molar-refractivity contribution >= 4 is 29.3 Å². The van der Waals surface area contributed by atoms with E-state index < -0.39 is 22.9 Å². The lowest BCUT2D eigenvalue weighted by Crippen LogP contribution is -2.45. The Balaban J connectivity index is 4.52. The summed E-state index contributed by atoms with van der Waals surface area (Å²) in [7, 11) is -3.38. The Labute approximate surface area is 194 Å².